The Balaban J connectivity index is 1.86. The fourth-order valence-corrected chi connectivity index (χ4v) is 2.05. The number of hydrogen-bond acceptors (Lipinski definition) is 3. The van der Waals surface area contributed by atoms with Crippen molar-refractivity contribution in [2.24, 2.45) is 7.05 Å². The number of aryl methyl sites for hydroxylation is 2. The molecule has 2 aromatic heterocycles. The van der Waals surface area contributed by atoms with Gasteiger partial charge in [0.05, 0.1) is 12.2 Å². The van der Waals surface area contributed by atoms with E-state index < -0.39 is 0 Å². The first kappa shape index (κ1) is 11.7. The third-order valence-electron chi connectivity index (χ3n) is 2.36. The molecule has 0 fully saturated rings. The molecule has 2 rings (SSSR count). The molecule has 1 N–H and O–H groups in total. The summed E-state index contributed by atoms with van der Waals surface area (Å²) in [5.41, 5.74) is 2.30. The van der Waals surface area contributed by atoms with E-state index in [0.717, 1.165) is 28.3 Å². The van der Waals surface area contributed by atoms with Gasteiger partial charge in [0.15, 0.2) is 3.77 Å². The zero-order valence-electron chi connectivity index (χ0n) is 9.33. The molecule has 16 heavy (non-hydrogen) atoms. The minimum Gasteiger partial charge on any atom is -0.454 e. The van der Waals surface area contributed by atoms with Gasteiger partial charge >= 0.3 is 0 Å². The lowest BCUT2D eigenvalue weighted by Crippen LogP contribution is -2.12. The Morgan fingerprint density at radius 3 is 2.81 bits per heavy atom. The molecule has 0 amide bonds. The van der Waals surface area contributed by atoms with Crippen LogP contribution in [0.2, 0.25) is 0 Å². The van der Waals surface area contributed by atoms with Crippen molar-refractivity contribution in [3.05, 3.63) is 39.1 Å². The van der Waals surface area contributed by atoms with E-state index >= 15 is 0 Å². The minimum absolute atomic E-state index is 0.747. The van der Waals surface area contributed by atoms with Crippen molar-refractivity contribution in [1.29, 1.82) is 0 Å². The summed E-state index contributed by atoms with van der Waals surface area (Å²) >= 11 is 2.16. The van der Waals surface area contributed by atoms with Crippen molar-refractivity contribution in [2.75, 3.05) is 0 Å². The van der Waals surface area contributed by atoms with E-state index in [1.54, 1.807) is 0 Å². The fraction of sp³-hybridized carbons (Fsp3) is 0.364. The highest BCUT2D eigenvalue weighted by molar-refractivity contribution is 14.1. The molecule has 0 unspecified atom stereocenters. The number of hydrogen-bond donors (Lipinski definition) is 1. The number of furan rings is 1. The SMILES string of the molecule is Cc1nn(C)cc1CNCc1ccc(I)o1. The van der Waals surface area contributed by atoms with E-state index in [2.05, 4.69) is 33.0 Å². The van der Waals surface area contributed by atoms with Gasteiger partial charge < -0.3 is 9.73 Å². The maximum absolute atomic E-state index is 5.46. The Kier molecular flexibility index (Phi) is 3.65. The van der Waals surface area contributed by atoms with E-state index in [4.69, 9.17) is 4.42 Å². The van der Waals surface area contributed by atoms with E-state index in [1.165, 1.54) is 5.56 Å². The molecule has 0 saturated carbocycles. The molecule has 2 aromatic rings. The van der Waals surface area contributed by atoms with Crippen molar-refractivity contribution in [2.45, 2.75) is 20.0 Å². The predicted octanol–water partition coefficient (Wildman–Crippen LogP) is 2.22. The van der Waals surface area contributed by atoms with Crippen LogP contribution in [0.1, 0.15) is 17.0 Å². The second-order valence-corrected chi connectivity index (χ2v) is 4.79. The third kappa shape index (κ3) is 2.85. The van der Waals surface area contributed by atoms with Crippen molar-refractivity contribution in [3.8, 4) is 0 Å². The van der Waals surface area contributed by atoms with Crippen molar-refractivity contribution >= 4 is 22.6 Å². The molecule has 0 aliphatic heterocycles. The lowest BCUT2D eigenvalue weighted by atomic mass is 10.2. The molecule has 4 nitrogen and oxygen atoms in total. The zero-order chi connectivity index (χ0) is 11.5. The molecule has 0 saturated heterocycles. The van der Waals surface area contributed by atoms with Gasteiger partial charge in [0.1, 0.15) is 5.76 Å². The highest BCUT2D eigenvalue weighted by Gasteiger charge is 2.03. The average molecular weight is 331 g/mol. The first-order valence-corrected chi connectivity index (χ1v) is 6.17. The quantitative estimate of drug-likeness (QED) is 0.874. The Hall–Kier alpha value is -0.820. The van der Waals surface area contributed by atoms with Crippen molar-refractivity contribution in [3.63, 3.8) is 0 Å². The summed E-state index contributed by atoms with van der Waals surface area (Å²) in [5.74, 6) is 0.964. The molecule has 0 radical (unpaired) electrons. The maximum Gasteiger partial charge on any atom is 0.164 e. The minimum atomic E-state index is 0.747. The Morgan fingerprint density at radius 2 is 2.25 bits per heavy atom. The lowest BCUT2D eigenvalue weighted by molar-refractivity contribution is 0.463. The van der Waals surface area contributed by atoms with E-state index in [9.17, 15) is 0 Å². The predicted molar refractivity (Wildman–Crippen MR) is 69.9 cm³/mol. The first-order chi connectivity index (χ1) is 7.65. The van der Waals surface area contributed by atoms with Crippen LogP contribution in [0.4, 0.5) is 0 Å². The summed E-state index contributed by atoms with van der Waals surface area (Å²) in [6, 6.07) is 3.96. The van der Waals surface area contributed by atoms with Gasteiger partial charge in [-0.3, -0.25) is 4.68 Å². The molecule has 0 aromatic carbocycles. The van der Waals surface area contributed by atoms with Crippen molar-refractivity contribution in [1.82, 2.24) is 15.1 Å². The fourth-order valence-electron chi connectivity index (χ4n) is 1.59. The number of halogens is 1. The highest BCUT2D eigenvalue weighted by Crippen LogP contribution is 2.10. The average Bonchev–Trinajstić information content (AvgIpc) is 2.74. The maximum atomic E-state index is 5.46. The van der Waals surface area contributed by atoms with Crippen LogP contribution in [-0.2, 0) is 20.1 Å². The normalized spacial score (nSPS) is 10.9. The second-order valence-electron chi connectivity index (χ2n) is 3.72. The standard InChI is InChI=1S/C11H14IN3O/c1-8-9(7-15(2)14-8)5-13-6-10-3-4-11(12)16-10/h3-4,7,13H,5-6H2,1-2H3. The summed E-state index contributed by atoms with van der Waals surface area (Å²) in [6.07, 6.45) is 2.04. The van der Waals surface area contributed by atoms with Crippen LogP contribution in [0.15, 0.2) is 22.7 Å². The second kappa shape index (κ2) is 5.01. The smallest absolute Gasteiger partial charge is 0.164 e. The van der Waals surface area contributed by atoms with Crippen LogP contribution in [0.25, 0.3) is 0 Å². The Bertz CT molecular complexity index is 475. The third-order valence-corrected chi connectivity index (χ3v) is 2.94. The molecular weight excluding hydrogens is 317 g/mol. The molecule has 86 valence electrons. The molecular formula is C11H14IN3O. The molecule has 5 heteroatoms. The van der Waals surface area contributed by atoms with Gasteiger partial charge in [0.2, 0.25) is 0 Å². The van der Waals surface area contributed by atoms with E-state index in [-0.39, 0.29) is 0 Å². The zero-order valence-corrected chi connectivity index (χ0v) is 11.5. The number of aromatic nitrogens is 2. The number of nitrogens with one attached hydrogen (secondary N) is 1. The van der Waals surface area contributed by atoms with Gasteiger partial charge in [0, 0.05) is 25.4 Å². The van der Waals surface area contributed by atoms with Gasteiger partial charge in [-0.05, 0) is 41.6 Å². The van der Waals surface area contributed by atoms with Gasteiger partial charge in [-0.2, -0.15) is 5.10 Å². The van der Waals surface area contributed by atoms with Crippen LogP contribution in [0.5, 0.6) is 0 Å². The van der Waals surface area contributed by atoms with E-state index in [0.29, 0.717) is 0 Å². The lowest BCUT2D eigenvalue weighted by Gasteiger charge is -2.00. The van der Waals surface area contributed by atoms with Gasteiger partial charge in [0.25, 0.3) is 0 Å². The topological polar surface area (TPSA) is 43.0 Å². The number of nitrogens with zero attached hydrogens (tertiary/aromatic N) is 2. The largest absolute Gasteiger partial charge is 0.454 e. The van der Waals surface area contributed by atoms with Gasteiger partial charge in [-0.25, -0.2) is 0 Å². The summed E-state index contributed by atoms with van der Waals surface area (Å²) in [7, 11) is 1.94. The van der Waals surface area contributed by atoms with Crippen LogP contribution in [0, 0.1) is 10.7 Å². The molecule has 0 aliphatic carbocycles. The molecule has 0 aliphatic rings. The summed E-state index contributed by atoms with van der Waals surface area (Å²) < 4.78 is 8.22. The molecule has 0 atom stereocenters. The van der Waals surface area contributed by atoms with Crippen LogP contribution in [0.3, 0.4) is 0 Å². The summed E-state index contributed by atoms with van der Waals surface area (Å²) in [6.45, 7) is 3.58. The molecule has 0 bridgehead atoms. The van der Waals surface area contributed by atoms with Gasteiger partial charge in [-0.1, -0.05) is 0 Å². The number of rotatable bonds is 4. The Labute approximate surface area is 108 Å². The molecule has 0 spiro atoms. The summed E-state index contributed by atoms with van der Waals surface area (Å²) in [5, 5.41) is 7.63. The highest BCUT2D eigenvalue weighted by atomic mass is 127. The monoisotopic (exact) mass is 331 g/mol. The van der Waals surface area contributed by atoms with Crippen molar-refractivity contribution < 1.29 is 4.42 Å². The van der Waals surface area contributed by atoms with Crippen LogP contribution in [-0.4, -0.2) is 9.78 Å². The molecule has 2 heterocycles. The van der Waals surface area contributed by atoms with Crippen LogP contribution < -0.4 is 5.32 Å². The van der Waals surface area contributed by atoms with E-state index in [1.807, 2.05) is 37.0 Å². The first-order valence-electron chi connectivity index (χ1n) is 5.09. The van der Waals surface area contributed by atoms with Crippen LogP contribution >= 0.6 is 22.6 Å². The summed E-state index contributed by atoms with van der Waals surface area (Å²) in [4.78, 5) is 0. The Morgan fingerprint density at radius 1 is 1.44 bits per heavy atom. The van der Waals surface area contributed by atoms with Gasteiger partial charge in [-0.15, -0.1) is 0 Å².